The van der Waals surface area contributed by atoms with E-state index in [0.29, 0.717) is 4.90 Å². The van der Waals surface area contributed by atoms with Crippen LogP contribution in [0.1, 0.15) is 19.4 Å². The number of para-hydroxylation sites is 1. The van der Waals surface area contributed by atoms with Gasteiger partial charge in [0.25, 0.3) is 0 Å². The van der Waals surface area contributed by atoms with Crippen molar-refractivity contribution in [2.24, 2.45) is 5.41 Å². The highest BCUT2D eigenvalue weighted by molar-refractivity contribution is 6.18. The van der Waals surface area contributed by atoms with Gasteiger partial charge in [-0.2, -0.15) is 13.2 Å². The molecule has 0 aliphatic carbocycles. The first-order valence-corrected chi connectivity index (χ1v) is 5.93. The summed E-state index contributed by atoms with van der Waals surface area (Å²) in [4.78, 5) is 24.6. The monoisotopic (exact) mass is 286 g/mol. The molecule has 2 rings (SSSR count). The van der Waals surface area contributed by atoms with Crippen LogP contribution in [0.2, 0.25) is 0 Å². The molecular formula is C13H13F3N2O2. The highest BCUT2D eigenvalue weighted by Crippen LogP contribution is 2.38. The molecule has 0 spiro atoms. The summed E-state index contributed by atoms with van der Waals surface area (Å²) in [7, 11) is 0. The first-order chi connectivity index (χ1) is 9.14. The summed E-state index contributed by atoms with van der Waals surface area (Å²) in [5.41, 5.74) is -2.41. The number of amides is 3. The molecule has 4 nitrogen and oxygen atoms in total. The lowest BCUT2D eigenvalue weighted by molar-refractivity contribution is -0.137. The second-order valence-corrected chi connectivity index (χ2v) is 5.20. The van der Waals surface area contributed by atoms with Crippen LogP contribution < -0.4 is 10.2 Å². The molecule has 1 fully saturated rings. The van der Waals surface area contributed by atoms with E-state index in [1.807, 2.05) is 0 Å². The van der Waals surface area contributed by atoms with Gasteiger partial charge in [0.05, 0.1) is 16.7 Å². The van der Waals surface area contributed by atoms with Gasteiger partial charge >= 0.3 is 12.2 Å². The lowest BCUT2D eigenvalue weighted by Crippen LogP contribution is -2.59. The molecule has 1 aliphatic heterocycles. The molecule has 1 aromatic carbocycles. The minimum absolute atomic E-state index is 0.0926. The number of hydrogen-bond acceptors (Lipinski definition) is 2. The molecule has 0 radical (unpaired) electrons. The topological polar surface area (TPSA) is 49.4 Å². The molecule has 1 aliphatic rings. The minimum atomic E-state index is -4.64. The Morgan fingerprint density at radius 1 is 1.20 bits per heavy atom. The number of imide groups is 1. The maximum absolute atomic E-state index is 13.0. The van der Waals surface area contributed by atoms with E-state index >= 15 is 0 Å². The van der Waals surface area contributed by atoms with Gasteiger partial charge in [-0.3, -0.25) is 4.79 Å². The van der Waals surface area contributed by atoms with Gasteiger partial charge in [0.15, 0.2) is 0 Å². The number of anilines is 1. The van der Waals surface area contributed by atoms with Gasteiger partial charge < -0.3 is 5.32 Å². The third-order valence-electron chi connectivity index (χ3n) is 3.12. The molecule has 108 valence electrons. The molecule has 1 saturated heterocycles. The second-order valence-electron chi connectivity index (χ2n) is 5.20. The van der Waals surface area contributed by atoms with Gasteiger partial charge in [0.1, 0.15) is 0 Å². The molecule has 3 amide bonds. The van der Waals surface area contributed by atoms with E-state index < -0.39 is 34.8 Å². The summed E-state index contributed by atoms with van der Waals surface area (Å²) >= 11 is 0. The number of rotatable bonds is 1. The number of halogens is 3. The average molecular weight is 286 g/mol. The van der Waals surface area contributed by atoms with E-state index in [1.165, 1.54) is 12.1 Å². The third-order valence-corrected chi connectivity index (χ3v) is 3.12. The maximum atomic E-state index is 13.0. The Morgan fingerprint density at radius 3 is 2.40 bits per heavy atom. The number of hydrogen-bond donors (Lipinski definition) is 1. The van der Waals surface area contributed by atoms with E-state index in [9.17, 15) is 22.8 Å². The number of nitrogens with zero attached hydrogens (tertiary/aromatic N) is 1. The van der Waals surface area contributed by atoms with E-state index in [1.54, 1.807) is 13.8 Å². The van der Waals surface area contributed by atoms with Gasteiger partial charge in [-0.05, 0) is 26.0 Å². The Hall–Kier alpha value is -2.05. The van der Waals surface area contributed by atoms with Crippen LogP contribution in [-0.4, -0.2) is 18.5 Å². The van der Waals surface area contributed by atoms with Crippen molar-refractivity contribution >= 4 is 17.6 Å². The fraction of sp³-hybridized carbons (Fsp3) is 0.385. The molecule has 20 heavy (non-hydrogen) atoms. The first-order valence-electron chi connectivity index (χ1n) is 5.93. The van der Waals surface area contributed by atoms with Crippen LogP contribution in [0.5, 0.6) is 0 Å². The van der Waals surface area contributed by atoms with E-state index in [-0.39, 0.29) is 6.54 Å². The number of alkyl halides is 3. The van der Waals surface area contributed by atoms with Crippen molar-refractivity contribution < 1.29 is 22.8 Å². The van der Waals surface area contributed by atoms with Crippen LogP contribution in [0.25, 0.3) is 0 Å². The normalized spacial score (nSPS) is 18.9. The van der Waals surface area contributed by atoms with E-state index in [0.717, 1.165) is 12.1 Å². The fourth-order valence-electron chi connectivity index (χ4n) is 1.97. The molecule has 1 aromatic rings. The molecule has 7 heteroatoms. The highest BCUT2D eigenvalue weighted by atomic mass is 19.4. The zero-order valence-electron chi connectivity index (χ0n) is 10.9. The van der Waals surface area contributed by atoms with Gasteiger partial charge in [0.2, 0.25) is 5.91 Å². The molecule has 0 aromatic heterocycles. The van der Waals surface area contributed by atoms with Crippen molar-refractivity contribution in [2.45, 2.75) is 20.0 Å². The Kier molecular flexibility index (Phi) is 3.23. The van der Waals surface area contributed by atoms with E-state index in [4.69, 9.17) is 0 Å². The summed E-state index contributed by atoms with van der Waals surface area (Å²) in [5, 5.41) is 2.43. The van der Waals surface area contributed by atoms with Crippen LogP contribution in [0.15, 0.2) is 24.3 Å². The smallest absolute Gasteiger partial charge is 0.336 e. The highest BCUT2D eigenvalue weighted by Gasteiger charge is 2.44. The minimum Gasteiger partial charge on any atom is -0.336 e. The Labute approximate surface area is 113 Å². The average Bonchev–Trinajstić information content (AvgIpc) is 2.34. The second kappa shape index (κ2) is 4.50. The maximum Gasteiger partial charge on any atom is 0.418 e. The molecule has 1 N–H and O–H groups in total. The zero-order valence-corrected chi connectivity index (χ0v) is 10.9. The first kappa shape index (κ1) is 14.4. The van der Waals surface area contributed by atoms with Crippen LogP contribution in [0.3, 0.4) is 0 Å². The zero-order chi connectivity index (χ0) is 15.1. The number of benzene rings is 1. The number of carbonyl (C=O) groups is 2. The molecule has 0 unspecified atom stereocenters. The largest absolute Gasteiger partial charge is 0.418 e. The van der Waals surface area contributed by atoms with Gasteiger partial charge in [-0.25, -0.2) is 9.69 Å². The summed E-state index contributed by atoms with van der Waals surface area (Å²) in [6.07, 6.45) is -4.64. The number of nitrogens with one attached hydrogen (secondary N) is 1. The molecule has 0 bridgehead atoms. The fourth-order valence-corrected chi connectivity index (χ4v) is 1.97. The van der Waals surface area contributed by atoms with Crippen LogP contribution in [-0.2, 0) is 11.0 Å². The summed E-state index contributed by atoms with van der Waals surface area (Å²) in [6, 6.07) is 3.68. The van der Waals surface area contributed by atoms with Gasteiger partial charge in [0, 0.05) is 6.54 Å². The van der Waals surface area contributed by atoms with Crippen molar-refractivity contribution in [3.63, 3.8) is 0 Å². The predicted molar refractivity (Wildman–Crippen MR) is 66.1 cm³/mol. The number of urea groups is 1. The molecule has 0 saturated carbocycles. The Morgan fingerprint density at radius 2 is 1.80 bits per heavy atom. The molecule has 0 atom stereocenters. The van der Waals surface area contributed by atoms with Gasteiger partial charge in [-0.15, -0.1) is 0 Å². The SMILES string of the molecule is CC1(C)CNC(=O)N(c2ccccc2C(F)(F)F)C1=O. The van der Waals surface area contributed by atoms with Crippen molar-refractivity contribution in [3.8, 4) is 0 Å². The lowest BCUT2D eigenvalue weighted by atomic mass is 9.89. The predicted octanol–water partition coefficient (Wildman–Crippen LogP) is 2.79. The third kappa shape index (κ3) is 2.35. The summed E-state index contributed by atoms with van der Waals surface area (Å²) in [6.45, 7) is 3.23. The molecule has 1 heterocycles. The van der Waals surface area contributed by atoms with Crippen LogP contribution in [0, 0.1) is 5.41 Å². The van der Waals surface area contributed by atoms with Crippen LogP contribution >= 0.6 is 0 Å². The summed E-state index contributed by atoms with van der Waals surface area (Å²) in [5.74, 6) is -0.655. The van der Waals surface area contributed by atoms with Crippen molar-refractivity contribution in [1.82, 2.24) is 5.32 Å². The van der Waals surface area contributed by atoms with Gasteiger partial charge in [-0.1, -0.05) is 12.1 Å². The van der Waals surface area contributed by atoms with Crippen molar-refractivity contribution in [2.75, 3.05) is 11.4 Å². The standard InChI is InChI=1S/C13H13F3N2O2/c1-12(2)7-17-11(20)18(10(12)19)9-6-4-3-5-8(9)13(14,15)16/h3-6H,7H2,1-2H3,(H,17,20). The molecular weight excluding hydrogens is 273 g/mol. The Balaban J connectivity index is 2.55. The quantitative estimate of drug-likeness (QED) is 0.863. The van der Waals surface area contributed by atoms with Crippen LogP contribution in [0.4, 0.5) is 23.7 Å². The lowest BCUT2D eigenvalue weighted by Gasteiger charge is -2.36. The van der Waals surface area contributed by atoms with Crippen molar-refractivity contribution in [1.29, 1.82) is 0 Å². The van der Waals surface area contributed by atoms with Crippen molar-refractivity contribution in [3.05, 3.63) is 29.8 Å². The number of carbonyl (C=O) groups excluding carboxylic acids is 2. The van der Waals surface area contributed by atoms with E-state index in [2.05, 4.69) is 5.32 Å². The Bertz CT molecular complexity index is 567. The summed E-state index contributed by atoms with van der Waals surface area (Å²) < 4.78 is 38.9.